The Balaban J connectivity index is 2.31. The first-order valence-corrected chi connectivity index (χ1v) is 21.7. The van der Waals surface area contributed by atoms with Crippen molar-refractivity contribution in [2.24, 2.45) is 0 Å². The highest BCUT2D eigenvalue weighted by molar-refractivity contribution is 5.86. The summed E-state index contributed by atoms with van der Waals surface area (Å²) in [5.74, 6) is 0.851. The quantitative estimate of drug-likeness (QED) is 0.0837. The number of unbranched alkanes of at least 4 members (excludes halogenated alkanes) is 15. The van der Waals surface area contributed by atoms with E-state index in [9.17, 15) is 9.90 Å². The zero-order valence-electron chi connectivity index (χ0n) is 37.6. The van der Waals surface area contributed by atoms with Crippen molar-refractivity contribution in [3.63, 3.8) is 0 Å². The summed E-state index contributed by atoms with van der Waals surface area (Å²) in [5.41, 5.74) is 4.12. The lowest BCUT2D eigenvalue weighted by molar-refractivity contribution is -0.140. The standard InChI is InChI=1S/C50H84O3/c1-16-17-18-19-20-21-22-23-24-25-26-27-28-29-30-31-32-50(15,38-35-39(46(3,4)5)43(51)40(36-38)47(6,7)8)45(52)53-44-41(48(9,10)11)33-37(2)34-42(44)49(12,13)14/h33-36,51H,16-32H2,1-15H3. The van der Waals surface area contributed by atoms with E-state index in [0.717, 1.165) is 40.7 Å². The Morgan fingerprint density at radius 2 is 0.830 bits per heavy atom. The molecular weight excluding hydrogens is 649 g/mol. The number of phenols is 1. The molecule has 0 bridgehead atoms. The molecule has 0 heterocycles. The molecule has 2 rings (SSSR count). The molecule has 0 aromatic heterocycles. The summed E-state index contributed by atoms with van der Waals surface area (Å²) in [7, 11) is 0. The molecule has 0 aliphatic carbocycles. The van der Waals surface area contributed by atoms with Crippen LogP contribution in [0.5, 0.6) is 11.5 Å². The van der Waals surface area contributed by atoms with Gasteiger partial charge in [-0.2, -0.15) is 0 Å². The zero-order valence-corrected chi connectivity index (χ0v) is 37.6. The van der Waals surface area contributed by atoms with Crippen molar-refractivity contribution in [1.82, 2.24) is 0 Å². The molecule has 53 heavy (non-hydrogen) atoms. The maximum absolute atomic E-state index is 15.0. The van der Waals surface area contributed by atoms with Gasteiger partial charge in [-0.05, 0) is 58.6 Å². The highest BCUT2D eigenvalue weighted by Gasteiger charge is 2.41. The average Bonchev–Trinajstić information content (AvgIpc) is 3.02. The topological polar surface area (TPSA) is 46.5 Å². The number of phenolic OH excluding ortho intramolecular Hbond substituents is 1. The Morgan fingerprint density at radius 3 is 1.15 bits per heavy atom. The van der Waals surface area contributed by atoms with E-state index >= 15 is 0 Å². The van der Waals surface area contributed by atoms with Crippen molar-refractivity contribution >= 4 is 5.97 Å². The minimum Gasteiger partial charge on any atom is -0.507 e. The van der Waals surface area contributed by atoms with Gasteiger partial charge >= 0.3 is 5.97 Å². The molecule has 0 aliphatic heterocycles. The summed E-state index contributed by atoms with van der Waals surface area (Å²) in [6.07, 6.45) is 21.8. The first kappa shape index (κ1) is 46.9. The largest absolute Gasteiger partial charge is 0.507 e. The van der Waals surface area contributed by atoms with E-state index in [1.54, 1.807) is 0 Å². The number of benzene rings is 2. The van der Waals surface area contributed by atoms with E-state index in [1.165, 1.54) is 95.5 Å². The van der Waals surface area contributed by atoms with E-state index in [1.807, 2.05) is 0 Å². The second-order valence-electron chi connectivity index (χ2n) is 20.9. The van der Waals surface area contributed by atoms with Crippen LogP contribution in [0.25, 0.3) is 0 Å². The van der Waals surface area contributed by atoms with Crippen LogP contribution in [0.15, 0.2) is 24.3 Å². The SMILES string of the molecule is CCCCCCCCCCCCCCCCCCC(C)(C(=O)Oc1c(C(C)(C)C)cc(C)cc1C(C)(C)C)c1cc(C(C)(C)C)c(O)c(C(C)(C)C)c1. The number of hydrogen-bond donors (Lipinski definition) is 1. The molecule has 3 heteroatoms. The number of carbonyl (C=O) groups excluding carboxylic acids is 1. The predicted octanol–water partition coefficient (Wildman–Crippen LogP) is 15.4. The van der Waals surface area contributed by atoms with Crippen molar-refractivity contribution < 1.29 is 14.6 Å². The molecule has 1 atom stereocenters. The molecule has 3 nitrogen and oxygen atoms in total. The third-order valence-electron chi connectivity index (χ3n) is 11.4. The van der Waals surface area contributed by atoms with E-state index in [0.29, 0.717) is 17.9 Å². The third-order valence-corrected chi connectivity index (χ3v) is 11.4. The molecule has 1 N–H and O–H groups in total. The van der Waals surface area contributed by atoms with Crippen LogP contribution in [-0.2, 0) is 31.9 Å². The number of carbonyl (C=O) groups is 1. The average molecular weight is 733 g/mol. The van der Waals surface area contributed by atoms with Gasteiger partial charge in [0, 0.05) is 11.1 Å². The van der Waals surface area contributed by atoms with Gasteiger partial charge in [-0.3, -0.25) is 4.79 Å². The molecule has 1 unspecified atom stereocenters. The fourth-order valence-corrected chi connectivity index (χ4v) is 7.69. The van der Waals surface area contributed by atoms with E-state index in [4.69, 9.17) is 4.74 Å². The van der Waals surface area contributed by atoms with Crippen LogP contribution in [0.2, 0.25) is 0 Å². The van der Waals surface area contributed by atoms with Gasteiger partial charge in [-0.25, -0.2) is 0 Å². The van der Waals surface area contributed by atoms with E-state index in [-0.39, 0.29) is 27.6 Å². The number of esters is 1. The van der Waals surface area contributed by atoms with Crippen molar-refractivity contribution in [2.45, 2.75) is 240 Å². The van der Waals surface area contributed by atoms with Gasteiger partial charge in [0.25, 0.3) is 0 Å². The molecule has 0 spiro atoms. The van der Waals surface area contributed by atoms with Crippen LogP contribution in [0.4, 0.5) is 0 Å². The van der Waals surface area contributed by atoms with Crippen LogP contribution in [0, 0.1) is 6.92 Å². The molecule has 0 saturated heterocycles. The molecule has 0 aliphatic rings. The first-order chi connectivity index (χ1) is 24.4. The second-order valence-corrected chi connectivity index (χ2v) is 20.9. The van der Waals surface area contributed by atoms with Crippen molar-refractivity contribution in [2.75, 3.05) is 0 Å². The Hall–Kier alpha value is -2.29. The minimum atomic E-state index is -0.890. The Morgan fingerprint density at radius 1 is 0.509 bits per heavy atom. The lowest BCUT2D eigenvalue weighted by Gasteiger charge is -2.35. The monoisotopic (exact) mass is 733 g/mol. The normalized spacial score (nSPS) is 14.0. The fraction of sp³-hybridized carbons (Fsp3) is 0.740. The smallest absolute Gasteiger partial charge is 0.321 e. The minimum absolute atomic E-state index is 0.205. The molecular formula is C50H84O3. The van der Waals surface area contributed by atoms with Crippen molar-refractivity contribution in [3.8, 4) is 11.5 Å². The van der Waals surface area contributed by atoms with Crippen LogP contribution in [-0.4, -0.2) is 11.1 Å². The molecule has 302 valence electrons. The molecule has 2 aromatic carbocycles. The summed E-state index contributed by atoms with van der Waals surface area (Å²) in [4.78, 5) is 15.0. The summed E-state index contributed by atoms with van der Waals surface area (Å²) in [6.45, 7) is 32.6. The van der Waals surface area contributed by atoms with Crippen LogP contribution >= 0.6 is 0 Å². The Bertz CT molecular complexity index is 1350. The second kappa shape index (κ2) is 20.0. The maximum Gasteiger partial charge on any atom is 0.321 e. The summed E-state index contributed by atoms with van der Waals surface area (Å²) in [5, 5.41) is 11.6. The number of rotatable bonds is 20. The van der Waals surface area contributed by atoms with Gasteiger partial charge in [-0.1, -0.05) is 223 Å². The number of ether oxygens (including phenoxy) is 1. The van der Waals surface area contributed by atoms with Gasteiger partial charge in [0.05, 0.1) is 5.41 Å². The number of aromatic hydroxyl groups is 1. The molecule has 0 fully saturated rings. The van der Waals surface area contributed by atoms with Crippen molar-refractivity contribution in [3.05, 3.63) is 57.6 Å². The van der Waals surface area contributed by atoms with E-state index < -0.39 is 5.41 Å². The van der Waals surface area contributed by atoms with E-state index in [2.05, 4.69) is 128 Å². The molecule has 2 aromatic rings. The highest BCUT2D eigenvalue weighted by Crippen LogP contribution is 2.46. The third kappa shape index (κ3) is 14.4. The van der Waals surface area contributed by atoms with Gasteiger partial charge in [-0.15, -0.1) is 0 Å². The summed E-state index contributed by atoms with van der Waals surface area (Å²) < 4.78 is 6.76. The van der Waals surface area contributed by atoms with Gasteiger partial charge in [0.2, 0.25) is 0 Å². The van der Waals surface area contributed by atoms with Crippen LogP contribution in [0.3, 0.4) is 0 Å². The lowest BCUT2D eigenvalue weighted by atomic mass is 9.71. The van der Waals surface area contributed by atoms with Crippen LogP contribution < -0.4 is 4.74 Å². The number of hydrogen-bond acceptors (Lipinski definition) is 3. The predicted molar refractivity (Wildman–Crippen MR) is 231 cm³/mol. The maximum atomic E-state index is 15.0. The highest BCUT2D eigenvalue weighted by atomic mass is 16.5. The fourth-order valence-electron chi connectivity index (χ4n) is 7.69. The van der Waals surface area contributed by atoms with Crippen LogP contribution in [0.1, 0.15) is 239 Å². The zero-order chi connectivity index (χ0) is 40.3. The Kier molecular flexibility index (Phi) is 17.7. The summed E-state index contributed by atoms with van der Waals surface area (Å²) >= 11 is 0. The first-order valence-electron chi connectivity index (χ1n) is 21.7. The molecule has 0 amide bonds. The number of aryl methyl sites for hydroxylation is 1. The lowest BCUT2D eigenvalue weighted by Crippen LogP contribution is -2.38. The Labute approximate surface area is 328 Å². The van der Waals surface area contributed by atoms with Gasteiger partial charge in [0.1, 0.15) is 11.5 Å². The van der Waals surface area contributed by atoms with Gasteiger partial charge in [0.15, 0.2) is 0 Å². The summed E-state index contributed by atoms with van der Waals surface area (Å²) in [6, 6.07) is 8.59. The molecule has 0 saturated carbocycles. The molecule has 0 radical (unpaired) electrons. The van der Waals surface area contributed by atoms with Crippen molar-refractivity contribution in [1.29, 1.82) is 0 Å². The van der Waals surface area contributed by atoms with Gasteiger partial charge < -0.3 is 9.84 Å².